The van der Waals surface area contributed by atoms with E-state index >= 15 is 0 Å². The maximum Gasteiger partial charge on any atom is 0.0590 e. The fourth-order valence-corrected chi connectivity index (χ4v) is 1.56. The summed E-state index contributed by atoms with van der Waals surface area (Å²) in [6.07, 6.45) is 2.53. The smallest absolute Gasteiger partial charge is 0.0590 e. The lowest BCUT2D eigenvalue weighted by atomic mass is 10.0. The Hall–Kier alpha value is -0.120. The Morgan fingerprint density at radius 1 is 1.00 bits per heavy atom. The van der Waals surface area contributed by atoms with E-state index in [9.17, 15) is 0 Å². The minimum atomic E-state index is 0.364. The lowest BCUT2D eigenvalue weighted by Gasteiger charge is -2.18. The number of nitrogens with one attached hydrogen (secondary N) is 1. The first kappa shape index (κ1) is 17.9. The zero-order valence-electron chi connectivity index (χ0n) is 13.0. The van der Waals surface area contributed by atoms with Gasteiger partial charge in [0.25, 0.3) is 0 Å². The molecule has 3 nitrogen and oxygen atoms in total. The van der Waals surface area contributed by atoms with Crippen LogP contribution in [0, 0.1) is 11.8 Å². The Morgan fingerprint density at radius 3 is 2.33 bits per heavy atom. The van der Waals surface area contributed by atoms with Crippen molar-refractivity contribution in [2.45, 2.75) is 53.6 Å². The summed E-state index contributed by atoms with van der Waals surface area (Å²) in [5, 5.41) is 3.36. The van der Waals surface area contributed by atoms with Crippen molar-refractivity contribution in [1.82, 2.24) is 5.32 Å². The standard InChI is InChI=1S/C15H33NO2/c1-6-14(4)15(5)18-10-7-9-17-11-8-16-12-13(2)3/h13-16H,6-12H2,1-5H3/t14?,15-/m0/s1. The molecule has 0 saturated carbocycles. The maximum atomic E-state index is 5.76. The predicted octanol–water partition coefficient (Wildman–Crippen LogP) is 3.09. The highest BCUT2D eigenvalue weighted by Crippen LogP contribution is 2.10. The Balaban J connectivity index is 3.16. The molecular weight excluding hydrogens is 226 g/mol. The molecular formula is C15H33NO2. The van der Waals surface area contributed by atoms with E-state index in [1.54, 1.807) is 0 Å². The van der Waals surface area contributed by atoms with Gasteiger partial charge in [0.05, 0.1) is 12.7 Å². The van der Waals surface area contributed by atoms with E-state index in [1.807, 2.05) is 0 Å². The van der Waals surface area contributed by atoms with Crippen molar-refractivity contribution in [3.63, 3.8) is 0 Å². The molecule has 0 aliphatic carbocycles. The molecule has 0 aromatic carbocycles. The largest absolute Gasteiger partial charge is 0.380 e. The van der Waals surface area contributed by atoms with E-state index < -0.39 is 0 Å². The van der Waals surface area contributed by atoms with E-state index in [0.717, 1.165) is 39.3 Å². The van der Waals surface area contributed by atoms with Crippen molar-refractivity contribution in [1.29, 1.82) is 0 Å². The number of ether oxygens (including phenoxy) is 2. The van der Waals surface area contributed by atoms with Gasteiger partial charge < -0.3 is 14.8 Å². The molecule has 0 rings (SSSR count). The first-order chi connectivity index (χ1) is 8.57. The van der Waals surface area contributed by atoms with Crippen LogP contribution in [0.25, 0.3) is 0 Å². The Labute approximate surface area is 114 Å². The van der Waals surface area contributed by atoms with Crippen molar-refractivity contribution in [2.24, 2.45) is 11.8 Å². The van der Waals surface area contributed by atoms with Crippen LogP contribution in [-0.4, -0.2) is 39.0 Å². The summed E-state index contributed by atoms with van der Waals surface area (Å²) in [5.41, 5.74) is 0. The van der Waals surface area contributed by atoms with Crippen molar-refractivity contribution < 1.29 is 9.47 Å². The molecule has 2 atom stereocenters. The minimum absolute atomic E-state index is 0.364. The zero-order valence-corrected chi connectivity index (χ0v) is 13.0. The van der Waals surface area contributed by atoms with Gasteiger partial charge >= 0.3 is 0 Å². The molecule has 0 heterocycles. The van der Waals surface area contributed by atoms with Crippen LogP contribution in [0.4, 0.5) is 0 Å². The van der Waals surface area contributed by atoms with Crippen molar-refractivity contribution >= 4 is 0 Å². The average molecular weight is 259 g/mol. The maximum absolute atomic E-state index is 5.76. The molecule has 0 saturated heterocycles. The van der Waals surface area contributed by atoms with Crippen LogP contribution in [-0.2, 0) is 9.47 Å². The first-order valence-corrected chi connectivity index (χ1v) is 7.48. The third-order valence-corrected chi connectivity index (χ3v) is 3.23. The quantitative estimate of drug-likeness (QED) is 0.546. The number of hydrogen-bond donors (Lipinski definition) is 1. The zero-order chi connectivity index (χ0) is 13.8. The molecule has 0 fully saturated rings. The van der Waals surface area contributed by atoms with Crippen LogP contribution in [0.1, 0.15) is 47.5 Å². The molecule has 0 spiro atoms. The topological polar surface area (TPSA) is 30.5 Å². The summed E-state index contributed by atoms with van der Waals surface area (Å²) in [6, 6.07) is 0. The summed E-state index contributed by atoms with van der Waals surface area (Å²) >= 11 is 0. The average Bonchev–Trinajstić information content (AvgIpc) is 2.35. The summed E-state index contributed by atoms with van der Waals surface area (Å²) < 4.78 is 11.3. The van der Waals surface area contributed by atoms with Gasteiger partial charge in [-0.25, -0.2) is 0 Å². The fourth-order valence-electron chi connectivity index (χ4n) is 1.56. The highest BCUT2D eigenvalue weighted by atomic mass is 16.5. The van der Waals surface area contributed by atoms with Crippen LogP contribution in [0.2, 0.25) is 0 Å². The molecule has 0 bridgehead atoms. The van der Waals surface area contributed by atoms with Crippen LogP contribution in [0.3, 0.4) is 0 Å². The van der Waals surface area contributed by atoms with Gasteiger partial charge in [0.15, 0.2) is 0 Å². The van der Waals surface area contributed by atoms with Gasteiger partial charge in [-0.15, -0.1) is 0 Å². The summed E-state index contributed by atoms with van der Waals surface area (Å²) in [4.78, 5) is 0. The van der Waals surface area contributed by atoms with Gasteiger partial charge in [0, 0.05) is 19.8 Å². The minimum Gasteiger partial charge on any atom is -0.380 e. The molecule has 1 N–H and O–H groups in total. The van der Waals surface area contributed by atoms with Gasteiger partial charge in [0.2, 0.25) is 0 Å². The third-order valence-electron chi connectivity index (χ3n) is 3.23. The Bertz CT molecular complexity index is 174. The van der Waals surface area contributed by atoms with E-state index in [0.29, 0.717) is 17.9 Å². The van der Waals surface area contributed by atoms with Gasteiger partial charge in [-0.05, 0) is 31.7 Å². The van der Waals surface area contributed by atoms with E-state index in [-0.39, 0.29) is 0 Å². The van der Waals surface area contributed by atoms with Crippen LogP contribution in [0.5, 0.6) is 0 Å². The van der Waals surface area contributed by atoms with Crippen molar-refractivity contribution in [2.75, 3.05) is 32.9 Å². The second kappa shape index (κ2) is 11.9. The van der Waals surface area contributed by atoms with Crippen LogP contribution < -0.4 is 5.32 Å². The van der Waals surface area contributed by atoms with E-state index in [1.165, 1.54) is 6.42 Å². The summed E-state index contributed by atoms with van der Waals surface area (Å²) in [6.45, 7) is 15.5. The van der Waals surface area contributed by atoms with Gasteiger partial charge in [-0.3, -0.25) is 0 Å². The van der Waals surface area contributed by atoms with Gasteiger partial charge in [-0.2, -0.15) is 0 Å². The van der Waals surface area contributed by atoms with Gasteiger partial charge in [-0.1, -0.05) is 34.1 Å². The molecule has 1 unspecified atom stereocenters. The third kappa shape index (κ3) is 11.0. The number of rotatable bonds is 12. The van der Waals surface area contributed by atoms with Crippen LogP contribution in [0.15, 0.2) is 0 Å². The van der Waals surface area contributed by atoms with Crippen LogP contribution >= 0.6 is 0 Å². The lowest BCUT2D eigenvalue weighted by Crippen LogP contribution is -2.24. The lowest BCUT2D eigenvalue weighted by molar-refractivity contribution is 0.0147. The van der Waals surface area contributed by atoms with E-state index in [4.69, 9.17) is 9.47 Å². The molecule has 0 aromatic rings. The molecule has 0 aromatic heterocycles. The molecule has 110 valence electrons. The summed E-state index contributed by atoms with van der Waals surface area (Å²) in [7, 11) is 0. The normalized spacial score (nSPS) is 15.0. The molecule has 18 heavy (non-hydrogen) atoms. The van der Waals surface area contributed by atoms with Crippen molar-refractivity contribution in [3.8, 4) is 0 Å². The molecule has 0 radical (unpaired) electrons. The second-order valence-electron chi connectivity index (χ2n) is 5.53. The fraction of sp³-hybridized carbons (Fsp3) is 1.00. The molecule has 0 aliphatic heterocycles. The Kier molecular flexibility index (Phi) is 11.9. The van der Waals surface area contributed by atoms with E-state index in [2.05, 4.69) is 39.9 Å². The highest BCUT2D eigenvalue weighted by molar-refractivity contribution is 4.58. The molecule has 3 heteroatoms. The Morgan fingerprint density at radius 2 is 1.72 bits per heavy atom. The monoisotopic (exact) mass is 259 g/mol. The predicted molar refractivity (Wildman–Crippen MR) is 78.0 cm³/mol. The van der Waals surface area contributed by atoms with Crippen molar-refractivity contribution in [3.05, 3.63) is 0 Å². The SMILES string of the molecule is CCC(C)[C@H](C)OCCCOCCNCC(C)C. The van der Waals surface area contributed by atoms with Gasteiger partial charge in [0.1, 0.15) is 0 Å². The number of hydrogen-bond acceptors (Lipinski definition) is 3. The molecule has 0 aliphatic rings. The first-order valence-electron chi connectivity index (χ1n) is 7.48. The second-order valence-corrected chi connectivity index (χ2v) is 5.53. The summed E-state index contributed by atoms with van der Waals surface area (Å²) in [5.74, 6) is 1.35. The molecule has 0 amide bonds. The highest BCUT2D eigenvalue weighted by Gasteiger charge is 2.09.